The van der Waals surface area contributed by atoms with Crippen LogP contribution in [0, 0.1) is 0 Å². The van der Waals surface area contributed by atoms with Gasteiger partial charge >= 0.3 is 0 Å². The molecule has 0 spiro atoms. The van der Waals surface area contributed by atoms with E-state index < -0.39 is 17.7 Å². The van der Waals surface area contributed by atoms with Crippen LogP contribution in [0.25, 0.3) is 5.76 Å². The lowest BCUT2D eigenvalue weighted by Gasteiger charge is -2.26. The molecule has 1 aliphatic heterocycles. The molecule has 9 heteroatoms. The summed E-state index contributed by atoms with van der Waals surface area (Å²) in [6, 6.07) is 16.3. The number of Topliss-reactive ketones (excluding diaryl/α,β-unsaturated/α-hetero) is 1. The predicted molar refractivity (Wildman–Crippen MR) is 146 cm³/mol. The van der Waals surface area contributed by atoms with E-state index in [0.29, 0.717) is 17.1 Å². The number of ketones is 1. The maximum atomic E-state index is 13.4. The van der Waals surface area contributed by atoms with Crippen LogP contribution in [0.4, 0.5) is 0 Å². The lowest BCUT2D eigenvalue weighted by atomic mass is 9.95. The second kappa shape index (κ2) is 11.4. The monoisotopic (exact) mass is 555 g/mol. The SMILES string of the molecule is COc1ccc(C2/C(=C(\O)c3cc(Cl)c(OC)c(Cl)c3)C(=O)C(=O)N2Cc2ccc(OC(C)C)cc2)cc1. The molecule has 0 bridgehead atoms. The summed E-state index contributed by atoms with van der Waals surface area (Å²) in [6.07, 6.45) is 0.0220. The van der Waals surface area contributed by atoms with Crippen molar-refractivity contribution in [1.82, 2.24) is 4.90 Å². The van der Waals surface area contributed by atoms with Crippen LogP contribution in [-0.2, 0) is 16.1 Å². The van der Waals surface area contributed by atoms with E-state index in [1.165, 1.54) is 24.1 Å². The number of rotatable bonds is 8. The van der Waals surface area contributed by atoms with E-state index in [-0.39, 0.29) is 45.3 Å². The molecule has 38 heavy (non-hydrogen) atoms. The highest BCUT2D eigenvalue weighted by Crippen LogP contribution is 2.42. The maximum Gasteiger partial charge on any atom is 0.295 e. The number of aliphatic hydroxyl groups excluding tert-OH is 1. The molecule has 1 atom stereocenters. The summed E-state index contributed by atoms with van der Waals surface area (Å²) in [4.78, 5) is 28.1. The second-order valence-corrected chi connectivity index (χ2v) is 9.80. The number of ether oxygens (including phenoxy) is 3. The Labute approximate surface area is 231 Å². The number of halogens is 2. The van der Waals surface area contributed by atoms with Gasteiger partial charge in [0.05, 0.1) is 42.0 Å². The Balaban J connectivity index is 1.81. The van der Waals surface area contributed by atoms with Gasteiger partial charge < -0.3 is 24.2 Å². The molecule has 1 amide bonds. The Morgan fingerprint density at radius 1 is 0.921 bits per heavy atom. The van der Waals surface area contributed by atoms with Gasteiger partial charge in [-0.3, -0.25) is 9.59 Å². The fourth-order valence-corrected chi connectivity index (χ4v) is 5.01. The smallest absolute Gasteiger partial charge is 0.295 e. The number of amides is 1. The zero-order chi connectivity index (χ0) is 27.6. The molecule has 3 aromatic carbocycles. The number of aliphatic hydroxyl groups is 1. The molecule has 1 fully saturated rings. The van der Waals surface area contributed by atoms with Crippen molar-refractivity contribution in [2.24, 2.45) is 0 Å². The number of carbonyl (C=O) groups excluding carboxylic acids is 2. The minimum atomic E-state index is -0.868. The first-order valence-electron chi connectivity index (χ1n) is 11.9. The van der Waals surface area contributed by atoms with Crippen LogP contribution in [0.1, 0.15) is 36.6 Å². The third-order valence-electron chi connectivity index (χ3n) is 6.10. The summed E-state index contributed by atoms with van der Waals surface area (Å²) in [6.45, 7) is 4.00. The molecule has 1 saturated heterocycles. The van der Waals surface area contributed by atoms with Gasteiger partial charge in [0, 0.05) is 12.1 Å². The summed E-state index contributed by atoms with van der Waals surface area (Å²) in [5, 5.41) is 11.6. The van der Waals surface area contributed by atoms with Gasteiger partial charge in [-0.15, -0.1) is 0 Å². The first-order valence-corrected chi connectivity index (χ1v) is 12.6. The molecule has 1 heterocycles. The molecule has 1 unspecified atom stereocenters. The molecule has 1 aliphatic rings. The van der Waals surface area contributed by atoms with E-state index in [2.05, 4.69) is 0 Å². The number of hydrogen-bond donors (Lipinski definition) is 1. The summed E-state index contributed by atoms with van der Waals surface area (Å²) < 4.78 is 16.2. The standard InChI is InChI=1S/C29H27Cl2NO6/c1-16(2)38-21-9-5-17(6-10-21)15-32-25(18-7-11-20(36-3)12-8-18)24(27(34)29(32)35)26(33)19-13-22(30)28(37-4)23(31)14-19/h5-14,16,25,33H,15H2,1-4H3/b26-24+. The first-order chi connectivity index (χ1) is 18.1. The molecule has 4 rings (SSSR count). The number of carbonyl (C=O) groups is 2. The van der Waals surface area contributed by atoms with Crippen molar-refractivity contribution in [3.63, 3.8) is 0 Å². The van der Waals surface area contributed by atoms with Crippen molar-refractivity contribution in [3.8, 4) is 17.2 Å². The quantitative estimate of drug-likeness (QED) is 0.196. The van der Waals surface area contributed by atoms with Crippen LogP contribution in [0.15, 0.2) is 66.2 Å². The Morgan fingerprint density at radius 2 is 1.50 bits per heavy atom. The molecule has 0 aromatic heterocycles. The highest BCUT2D eigenvalue weighted by Gasteiger charge is 2.46. The van der Waals surface area contributed by atoms with Crippen molar-refractivity contribution >= 4 is 40.7 Å². The Kier molecular flexibility index (Phi) is 8.19. The summed E-state index contributed by atoms with van der Waals surface area (Å²) in [5.74, 6) is -0.390. The van der Waals surface area contributed by atoms with Crippen molar-refractivity contribution < 1.29 is 28.9 Å². The zero-order valence-corrected chi connectivity index (χ0v) is 22.8. The minimum absolute atomic E-state index is 0.0220. The molecule has 0 aliphatic carbocycles. The number of hydrogen-bond acceptors (Lipinski definition) is 6. The molecular weight excluding hydrogens is 529 g/mol. The van der Waals surface area contributed by atoms with Crippen LogP contribution in [0.2, 0.25) is 10.0 Å². The average Bonchev–Trinajstić information content (AvgIpc) is 3.13. The third kappa shape index (κ3) is 5.44. The van der Waals surface area contributed by atoms with Gasteiger partial charge in [-0.05, 0) is 61.4 Å². The van der Waals surface area contributed by atoms with Crippen LogP contribution >= 0.6 is 23.2 Å². The van der Waals surface area contributed by atoms with Gasteiger partial charge in [-0.1, -0.05) is 47.5 Å². The van der Waals surface area contributed by atoms with E-state index in [9.17, 15) is 14.7 Å². The number of likely N-dealkylation sites (tertiary alicyclic amines) is 1. The topological polar surface area (TPSA) is 85.3 Å². The van der Waals surface area contributed by atoms with Gasteiger partial charge in [0.1, 0.15) is 17.3 Å². The van der Waals surface area contributed by atoms with Crippen LogP contribution in [-0.4, -0.2) is 42.0 Å². The van der Waals surface area contributed by atoms with Crippen molar-refractivity contribution in [2.75, 3.05) is 14.2 Å². The summed E-state index contributed by atoms with van der Waals surface area (Å²) in [7, 11) is 2.97. The van der Waals surface area contributed by atoms with Crippen LogP contribution in [0.5, 0.6) is 17.2 Å². The summed E-state index contributed by atoms with van der Waals surface area (Å²) in [5.41, 5.74) is 1.53. The van der Waals surface area contributed by atoms with Crippen molar-refractivity contribution in [2.45, 2.75) is 32.5 Å². The highest BCUT2D eigenvalue weighted by atomic mass is 35.5. The minimum Gasteiger partial charge on any atom is -0.507 e. The van der Waals surface area contributed by atoms with Gasteiger partial charge in [0.2, 0.25) is 0 Å². The van der Waals surface area contributed by atoms with Crippen LogP contribution < -0.4 is 14.2 Å². The van der Waals surface area contributed by atoms with Crippen molar-refractivity contribution in [1.29, 1.82) is 0 Å². The molecular formula is C29H27Cl2NO6. The lowest BCUT2D eigenvalue weighted by Crippen LogP contribution is -2.29. The Hall–Kier alpha value is -3.68. The summed E-state index contributed by atoms with van der Waals surface area (Å²) >= 11 is 12.6. The molecule has 7 nitrogen and oxygen atoms in total. The van der Waals surface area contributed by atoms with Gasteiger partial charge in [-0.2, -0.15) is 0 Å². The fraction of sp³-hybridized carbons (Fsp3) is 0.241. The average molecular weight is 556 g/mol. The lowest BCUT2D eigenvalue weighted by molar-refractivity contribution is -0.140. The maximum absolute atomic E-state index is 13.4. The highest BCUT2D eigenvalue weighted by molar-refractivity contribution is 6.46. The molecule has 0 radical (unpaired) electrons. The molecule has 1 N–H and O–H groups in total. The van der Waals surface area contributed by atoms with E-state index in [4.69, 9.17) is 37.4 Å². The van der Waals surface area contributed by atoms with E-state index in [0.717, 1.165) is 5.56 Å². The van der Waals surface area contributed by atoms with Gasteiger partial charge in [-0.25, -0.2) is 0 Å². The van der Waals surface area contributed by atoms with Gasteiger partial charge in [0.15, 0.2) is 5.75 Å². The van der Waals surface area contributed by atoms with Crippen LogP contribution in [0.3, 0.4) is 0 Å². The third-order valence-corrected chi connectivity index (χ3v) is 6.66. The number of benzene rings is 3. The predicted octanol–water partition coefficient (Wildman–Crippen LogP) is 6.42. The zero-order valence-electron chi connectivity index (χ0n) is 21.3. The largest absolute Gasteiger partial charge is 0.507 e. The first kappa shape index (κ1) is 27.4. The number of nitrogens with zero attached hydrogens (tertiary/aromatic N) is 1. The molecule has 0 saturated carbocycles. The van der Waals surface area contributed by atoms with E-state index in [1.807, 2.05) is 38.1 Å². The van der Waals surface area contributed by atoms with E-state index in [1.54, 1.807) is 31.4 Å². The van der Waals surface area contributed by atoms with Gasteiger partial charge in [0.25, 0.3) is 11.7 Å². The second-order valence-electron chi connectivity index (χ2n) is 8.98. The normalized spacial score (nSPS) is 16.7. The van der Waals surface area contributed by atoms with Crippen molar-refractivity contribution in [3.05, 3.63) is 93.0 Å². The van der Waals surface area contributed by atoms with E-state index >= 15 is 0 Å². The fourth-order valence-electron chi connectivity index (χ4n) is 4.37. The Bertz CT molecular complexity index is 1360. The number of methoxy groups -OCH3 is 2. The molecule has 198 valence electrons. The Morgan fingerprint density at radius 3 is 2.03 bits per heavy atom. The molecule has 3 aromatic rings.